The minimum atomic E-state index is -0.762. The monoisotopic (exact) mass is 961 g/mol. The predicted molar refractivity (Wildman–Crippen MR) is 293 cm³/mol. The molecule has 0 aliphatic heterocycles. The van der Waals surface area contributed by atoms with E-state index in [0.29, 0.717) is 19.3 Å². The summed E-state index contributed by atoms with van der Waals surface area (Å²) in [4.78, 5) is 38.2. The third-order valence-electron chi connectivity index (χ3n) is 14.3. The normalized spacial score (nSPS) is 12.0. The van der Waals surface area contributed by atoms with Crippen LogP contribution in [0.25, 0.3) is 0 Å². The summed E-state index contributed by atoms with van der Waals surface area (Å²) >= 11 is 0. The van der Waals surface area contributed by atoms with E-state index < -0.39 is 6.10 Å². The van der Waals surface area contributed by atoms with Gasteiger partial charge in [0.1, 0.15) is 13.2 Å². The van der Waals surface area contributed by atoms with Gasteiger partial charge in [-0.1, -0.05) is 317 Å². The summed E-state index contributed by atoms with van der Waals surface area (Å²) in [5.74, 6) is 0.0197. The van der Waals surface area contributed by atoms with Crippen LogP contribution < -0.4 is 0 Å². The van der Waals surface area contributed by atoms with E-state index in [4.69, 9.17) is 14.2 Å². The Morgan fingerprint density at radius 1 is 0.279 bits per heavy atom. The van der Waals surface area contributed by atoms with E-state index in [-0.39, 0.29) is 31.1 Å². The van der Waals surface area contributed by atoms with Crippen LogP contribution in [0.15, 0.2) is 0 Å². The molecule has 6 heteroatoms. The molecule has 0 spiro atoms. The summed E-state index contributed by atoms with van der Waals surface area (Å²) in [6, 6.07) is 0. The summed E-state index contributed by atoms with van der Waals surface area (Å²) in [7, 11) is 0. The Morgan fingerprint density at radius 2 is 0.485 bits per heavy atom. The standard InChI is InChI=1S/C62H120O6/c1-5-7-9-11-13-15-17-19-21-22-26-29-33-37-41-45-49-53-60(63)66-56-59(68-62(65)55-51-47-43-39-35-31-24-20-18-16-14-12-10-8-6-2)57-67-61(64)54-50-46-42-38-34-30-27-23-25-28-32-36-40-44-48-52-58(3)4/h58-59H,5-57H2,1-4H3/t59-/m0/s1. The molecule has 0 N–H and O–H groups in total. The molecule has 0 saturated heterocycles. The zero-order valence-corrected chi connectivity index (χ0v) is 46.6. The Morgan fingerprint density at radius 3 is 0.721 bits per heavy atom. The second-order valence-corrected chi connectivity index (χ2v) is 21.8. The van der Waals surface area contributed by atoms with Gasteiger partial charge in [0.25, 0.3) is 0 Å². The number of rotatable bonds is 57. The van der Waals surface area contributed by atoms with Gasteiger partial charge >= 0.3 is 17.9 Å². The van der Waals surface area contributed by atoms with Crippen LogP contribution >= 0.6 is 0 Å². The highest BCUT2D eigenvalue weighted by Gasteiger charge is 2.19. The third kappa shape index (κ3) is 55.3. The van der Waals surface area contributed by atoms with Crippen molar-refractivity contribution in [2.45, 2.75) is 361 Å². The van der Waals surface area contributed by atoms with Gasteiger partial charge in [0.05, 0.1) is 0 Å². The lowest BCUT2D eigenvalue weighted by Gasteiger charge is -2.18. The molecule has 0 fully saturated rings. The number of hydrogen-bond acceptors (Lipinski definition) is 6. The van der Waals surface area contributed by atoms with Crippen molar-refractivity contribution in [1.29, 1.82) is 0 Å². The van der Waals surface area contributed by atoms with Gasteiger partial charge in [-0.15, -0.1) is 0 Å². The van der Waals surface area contributed by atoms with Crippen molar-refractivity contribution < 1.29 is 28.6 Å². The van der Waals surface area contributed by atoms with Crippen molar-refractivity contribution in [1.82, 2.24) is 0 Å². The van der Waals surface area contributed by atoms with Gasteiger partial charge in [0, 0.05) is 19.3 Å². The molecule has 1 atom stereocenters. The highest BCUT2D eigenvalue weighted by atomic mass is 16.6. The summed E-state index contributed by atoms with van der Waals surface area (Å²) in [6.45, 7) is 9.09. The third-order valence-corrected chi connectivity index (χ3v) is 14.3. The average molecular weight is 962 g/mol. The number of carbonyl (C=O) groups is 3. The van der Waals surface area contributed by atoms with Crippen molar-refractivity contribution in [3.63, 3.8) is 0 Å². The van der Waals surface area contributed by atoms with Crippen molar-refractivity contribution in [2.24, 2.45) is 5.92 Å². The highest BCUT2D eigenvalue weighted by Crippen LogP contribution is 2.18. The topological polar surface area (TPSA) is 78.9 Å². The van der Waals surface area contributed by atoms with Crippen molar-refractivity contribution in [3.05, 3.63) is 0 Å². The van der Waals surface area contributed by atoms with E-state index in [1.54, 1.807) is 0 Å². The number of esters is 3. The zero-order chi connectivity index (χ0) is 49.5. The lowest BCUT2D eigenvalue weighted by molar-refractivity contribution is -0.167. The van der Waals surface area contributed by atoms with Crippen molar-refractivity contribution >= 4 is 17.9 Å². The van der Waals surface area contributed by atoms with Crippen LogP contribution in [0.3, 0.4) is 0 Å². The van der Waals surface area contributed by atoms with E-state index in [1.165, 1.54) is 250 Å². The number of unbranched alkanes of at least 4 members (excludes halogenated alkanes) is 44. The Bertz CT molecular complexity index is 1030. The van der Waals surface area contributed by atoms with E-state index in [9.17, 15) is 14.4 Å². The number of carbonyl (C=O) groups excluding carboxylic acids is 3. The smallest absolute Gasteiger partial charge is 0.306 e. The fraction of sp³-hybridized carbons (Fsp3) is 0.952. The molecule has 404 valence electrons. The Kier molecular flexibility index (Phi) is 55.0. The maximum absolute atomic E-state index is 12.9. The van der Waals surface area contributed by atoms with E-state index in [0.717, 1.165) is 63.7 Å². The van der Waals surface area contributed by atoms with Crippen LogP contribution in [-0.4, -0.2) is 37.2 Å². The van der Waals surface area contributed by atoms with Gasteiger partial charge in [-0.05, 0) is 25.2 Å². The first-order chi connectivity index (χ1) is 33.4. The molecule has 0 heterocycles. The van der Waals surface area contributed by atoms with Crippen LogP contribution in [0.5, 0.6) is 0 Å². The SMILES string of the molecule is CCCCCCCCCCCCCCCCCCCC(=O)OC[C@@H](COC(=O)CCCCCCCCCCCCCCCCCC(C)C)OC(=O)CCCCCCCCCCCCCCCCC. The molecule has 0 aliphatic carbocycles. The molecule has 0 aromatic heterocycles. The molecule has 6 nitrogen and oxygen atoms in total. The molecular formula is C62H120O6. The van der Waals surface area contributed by atoms with Crippen LogP contribution in [0.2, 0.25) is 0 Å². The van der Waals surface area contributed by atoms with Crippen LogP contribution in [-0.2, 0) is 28.6 Å². The number of ether oxygens (including phenoxy) is 3. The van der Waals surface area contributed by atoms with Crippen LogP contribution in [0.1, 0.15) is 355 Å². The predicted octanol–water partition coefficient (Wildman–Crippen LogP) is 20.6. The molecule has 0 unspecified atom stereocenters. The second kappa shape index (κ2) is 56.3. The molecule has 0 saturated carbocycles. The maximum Gasteiger partial charge on any atom is 0.306 e. The Hall–Kier alpha value is -1.59. The van der Waals surface area contributed by atoms with Gasteiger partial charge in [-0.3, -0.25) is 14.4 Å². The molecule has 0 aromatic carbocycles. The van der Waals surface area contributed by atoms with Gasteiger partial charge in [0.2, 0.25) is 0 Å². The van der Waals surface area contributed by atoms with E-state index in [1.807, 2.05) is 0 Å². The molecule has 0 aromatic rings. The zero-order valence-electron chi connectivity index (χ0n) is 46.6. The minimum Gasteiger partial charge on any atom is -0.462 e. The summed E-state index contributed by atoms with van der Waals surface area (Å²) in [5, 5.41) is 0. The molecule has 68 heavy (non-hydrogen) atoms. The number of hydrogen-bond donors (Lipinski definition) is 0. The lowest BCUT2D eigenvalue weighted by Crippen LogP contribution is -2.30. The molecule has 0 radical (unpaired) electrons. The van der Waals surface area contributed by atoms with Crippen molar-refractivity contribution in [3.8, 4) is 0 Å². The second-order valence-electron chi connectivity index (χ2n) is 21.8. The van der Waals surface area contributed by atoms with Gasteiger partial charge in [-0.25, -0.2) is 0 Å². The van der Waals surface area contributed by atoms with Gasteiger partial charge in [-0.2, -0.15) is 0 Å². The fourth-order valence-electron chi connectivity index (χ4n) is 9.63. The van der Waals surface area contributed by atoms with Crippen LogP contribution in [0.4, 0.5) is 0 Å². The summed E-state index contributed by atoms with van der Waals surface area (Å²) in [5.41, 5.74) is 0. The molecule has 0 amide bonds. The molecule has 0 rings (SSSR count). The fourth-order valence-corrected chi connectivity index (χ4v) is 9.63. The molecule has 0 aliphatic rings. The average Bonchev–Trinajstić information content (AvgIpc) is 3.32. The largest absolute Gasteiger partial charge is 0.462 e. The molecular weight excluding hydrogens is 841 g/mol. The Balaban J connectivity index is 4.28. The van der Waals surface area contributed by atoms with Gasteiger partial charge in [0.15, 0.2) is 6.10 Å². The first-order valence-electron chi connectivity index (χ1n) is 30.9. The minimum absolute atomic E-state index is 0.0613. The first kappa shape index (κ1) is 66.4. The van der Waals surface area contributed by atoms with Crippen molar-refractivity contribution in [2.75, 3.05) is 13.2 Å². The van der Waals surface area contributed by atoms with Crippen LogP contribution in [0, 0.1) is 5.92 Å². The van der Waals surface area contributed by atoms with E-state index in [2.05, 4.69) is 27.7 Å². The summed E-state index contributed by atoms with van der Waals surface area (Å²) in [6.07, 6.45) is 62.4. The molecule has 0 bridgehead atoms. The van der Waals surface area contributed by atoms with Gasteiger partial charge < -0.3 is 14.2 Å². The van der Waals surface area contributed by atoms with E-state index >= 15 is 0 Å². The quantitative estimate of drug-likeness (QED) is 0.0343. The highest BCUT2D eigenvalue weighted by molar-refractivity contribution is 5.71. The lowest BCUT2D eigenvalue weighted by atomic mass is 10.0. The summed E-state index contributed by atoms with van der Waals surface area (Å²) < 4.78 is 16.9. The maximum atomic E-state index is 12.9. The first-order valence-corrected chi connectivity index (χ1v) is 30.9. The Labute approximate surface area is 425 Å².